The number of carbonyl (C=O) groups excluding carboxylic acids is 1. The summed E-state index contributed by atoms with van der Waals surface area (Å²) in [5.41, 5.74) is 2.60. The fourth-order valence-electron chi connectivity index (χ4n) is 3.39. The van der Waals surface area contributed by atoms with Crippen LogP contribution in [0.1, 0.15) is 21.5 Å². The third-order valence-corrected chi connectivity index (χ3v) is 5.63. The number of cyclic esters (lactones) is 1. The molecule has 0 aliphatic carbocycles. The number of hydrogen-bond donors (Lipinski definition) is 1. The van der Waals surface area contributed by atoms with Crippen LogP contribution in [0, 0.1) is 0 Å². The Labute approximate surface area is 170 Å². The van der Waals surface area contributed by atoms with Crippen LogP contribution in [-0.4, -0.2) is 37.3 Å². The molecule has 1 aromatic heterocycles. The molecule has 0 spiro atoms. The van der Waals surface area contributed by atoms with Crippen LogP contribution in [0.2, 0.25) is 0 Å². The largest absolute Gasteiger partial charge is 0.492 e. The number of para-hydroxylation sites is 2. The second-order valence-corrected chi connectivity index (χ2v) is 7.15. The van der Waals surface area contributed by atoms with Crippen LogP contribution < -0.4 is 19.8 Å². The molecule has 0 unspecified atom stereocenters. The lowest BCUT2D eigenvalue weighted by molar-refractivity contribution is 0.0533. The molecule has 1 aliphatic rings. The molecule has 0 saturated carbocycles. The maximum atomic E-state index is 12.4. The van der Waals surface area contributed by atoms with E-state index >= 15 is 0 Å². The molecule has 8 nitrogen and oxygen atoms in total. The first-order valence-corrected chi connectivity index (χ1v) is 9.70. The Morgan fingerprint density at radius 3 is 2.52 bits per heavy atom. The average Bonchev–Trinajstić information content (AvgIpc) is 3.12. The molecule has 2 aromatic carbocycles. The minimum Gasteiger partial charge on any atom is -0.492 e. The van der Waals surface area contributed by atoms with Crippen LogP contribution in [0.5, 0.6) is 17.2 Å². The van der Waals surface area contributed by atoms with Gasteiger partial charge < -0.3 is 23.9 Å². The van der Waals surface area contributed by atoms with E-state index in [2.05, 4.69) is 9.97 Å². The summed E-state index contributed by atoms with van der Waals surface area (Å²) in [6, 6.07) is 7.29. The van der Waals surface area contributed by atoms with E-state index in [4.69, 9.17) is 18.9 Å². The van der Waals surface area contributed by atoms with Gasteiger partial charge in [0.15, 0.2) is 16.5 Å². The van der Waals surface area contributed by atoms with E-state index in [1.807, 2.05) is 18.2 Å². The first-order valence-electron chi connectivity index (χ1n) is 8.71. The lowest BCUT2D eigenvalue weighted by Crippen LogP contribution is -2.11. The van der Waals surface area contributed by atoms with Gasteiger partial charge in [0.1, 0.15) is 6.61 Å². The van der Waals surface area contributed by atoms with Gasteiger partial charge in [-0.15, -0.1) is 0 Å². The lowest BCUT2D eigenvalue weighted by Gasteiger charge is -2.18. The van der Waals surface area contributed by atoms with E-state index in [1.165, 1.54) is 33.1 Å². The van der Waals surface area contributed by atoms with Crippen molar-refractivity contribution in [2.24, 2.45) is 0 Å². The molecule has 4 rings (SSSR count). The summed E-state index contributed by atoms with van der Waals surface area (Å²) in [6.07, 6.45) is 0. The Balaban J connectivity index is 1.80. The number of aromatic nitrogens is 2. The highest BCUT2D eigenvalue weighted by Gasteiger charge is 2.35. The first kappa shape index (κ1) is 19.1. The molecule has 0 bridgehead atoms. The number of H-pyrrole nitrogens is 1. The predicted molar refractivity (Wildman–Crippen MR) is 107 cm³/mol. The van der Waals surface area contributed by atoms with Crippen LogP contribution in [0.25, 0.3) is 11.0 Å². The van der Waals surface area contributed by atoms with E-state index in [0.717, 1.165) is 0 Å². The van der Waals surface area contributed by atoms with Crippen LogP contribution in [0.3, 0.4) is 0 Å². The Bertz CT molecular complexity index is 1170. The highest BCUT2D eigenvalue weighted by molar-refractivity contribution is 7.98. The van der Waals surface area contributed by atoms with Crippen molar-refractivity contribution >= 4 is 28.8 Å². The fraction of sp³-hybridized carbons (Fsp3) is 0.250. The van der Waals surface area contributed by atoms with Gasteiger partial charge in [-0.1, -0.05) is 23.9 Å². The SMILES string of the molecule is COc1c2c(c(CSc3nc4ccccc4[nH]c3=O)c(OC)c1OC)C(=O)OC2. The maximum absolute atomic E-state index is 12.4. The molecule has 0 radical (unpaired) electrons. The normalized spacial score (nSPS) is 12.6. The number of benzene rings is 2. The van der Waals surface area contributed by atoms with Crippen molar-refractivity contribution in [3.05, 3.63) is 51.3 Å². The zero-order valence-corrected chi connectivity index (χ0v) is 16.8. The first-order chi connectivity index (χ1) is 14.1. The zero-order chi connectivity index (χ0) is 20.5. The van der Waals surface area contributed by atoms with Crippen molar-refractivity contribution in [1.29, 1.82) is 0 Å². The van der Waals surface area contributed by atoms with Gasteiger partial charge in [-0.25, -0.2) is 9.78 Å². The van der Waals surface area contributed by atoms with Crippen LogP contribution in [0.4, 0.5) is 0 Å². The summed E-state index contributed by atoms with van der Waals surface area (Å²) >= 11 is 1.21. The maximum Gasteiger partial charge on any atom is 0.339 e. The molecule has 9 heteroatoms. The average molecular weight is 414 g/mol. The van der Waals surface area contributed by atoms with Crippen LogP contribution >= 0.6 is 11.8 Å². The summed E-state index contributed by atoms with van der Waals surface area (Å²) in [6.45, 7) is 0.0875. The molecule has 0 atom stereocenters. The van der Waals surface area contributed by atoms with E-state index < -0.39 is 5.97 Å². The Morgan fingerprint density at radius 1 is 1.07 bits per heavy atom. The van der Waals surface area contributed by atoms with Crippen molar-refractivity contribution in [2.45, 2.75) is 17.4 Å². The summed E-state index contributed by atoms with van der Waals surface area (Å²) in [7, 11) is 4.48. The zero-order valence-electron chi connectivity index (χ0n) is 16.0. The van der Waals surface area contributed by atoms with Crippen molar-refractivity contribution in [3.63, 3.8) is 0 Å². The molecule has 1 N–H and O–H groups in total. The second-order valence-electron chi connectivity index (χ2n) is 6.18. The molecule has 0 amide bonds. The number of carbonyl (C=O) groups is 1. The van der Waals surface area contributed by atoms with E-state index in [9.17, 15) is 9.59 Å². The van der Waals surface area contributed by atoms with Crippen molar-refractivity contribution in [2.75, 3.05) is 21.3 Å². The second kappa shape index (κ2) is 7.67. The number of nitrogens with zero attached hydrogens (tertiary/aromatic N) is 1. The number of hydrogen-bond acceptors (Lipinski definition) is 8. The molecule has 150 valence electrons. The van der Waals surface area contributed by atoms with Gasteiger partial charge >= 0.3 is 5.97 Å². The highest BCUT2D eigenvalue weighted by atomic mass is 32.2. The van der Waals surface area contributed by atoms with Gasteiger partial charge in [-0.2, -0.15) is 0 Å². The van der Waals surface area contributed by atoms with Gasteiger partial charge in [0.2, 0.25) is 5.75 Å². The monoisotopic (exact) mass is 414 g/mol. The highest BCUT2D eigenvalue weighted by Crippen LogP contribution is 2.49. The lowest BCUT2D eigenvalue weighted by atomic mass is 10.0. The molecule has 1 aliphatic heterocycles. The molecule has 0 saturated heterocycles. The third-order valence-electron chi connectivity index (χ3n) is 4.65. The summed E-state index contributed by atoms with van der Waals surface area (Å²) in [4.78, 5) is 32.1. The number of aromatic amines is 1. The number of rotatable bonds is 6. The molecule has 3 aromatic rings. The smallest absolute Gasteiger partial charge is 0.339 e. The molecular formula is C20H18N2O6S. The van der Waals surface area contributed by atoms with Gasteiger partial charge in [-0.05, 0) is 12.1 Å². The number of thioether (sulfide) groups is 1. The quantitative estimate of drug-likeness (QED) is 0.486. The van der Waals surface area contributed by atoms with Crippen molar-refractivity contribution in [3.8, 4) is 17.2 Å². The van der Waals surface area contributed by atoms with E-state index in [0.29, 0.717) is 50.0 Å². The molecule has 29 heavy (non-hydrogen) atoms. The van der Waals surface area contributed by atoms with Crippen molar-refractivity contribution in [1.82, 2.24) is 9.97 Å². The Hall–Kier alpha value is -3.20. The number of methoxy groups -OCH3 is 3. The Kier molecular flexibility index (Phi) is 5.06. The minimum absolute atomic E-state index is 0.0875. The standard InChI is InChI=1S/C20H18N2O6S/c1-25-15-10-8-28-20(24)14(10)11(16(26-2)17(15)27-3)9-29-19-18(23)21-12-6-4-5-7-13(12)22-19/h4-7H,8-9H2,1-3H3,(H,21,23). The van der Waals surface area contributed by atoms with Gasteiger partial charge in [-0.3, -0.25) is 4.79 Å². The number of fused-ring (bicyclic) bond motifs is 2. The summed E-state index contributed by atoms with van der Waals surface area (Å²) in [5.74, 6) is 0.945. The van der Waals surface area contributed by atoms with E-state index in [-0.39, 0.29) is 17.9 Å². The van der Waals surface area contributed by atoms with Crippen LogP contribution in [0.15, 0.2) is 34.1 Å². The van der Waals surface area contributed by atoms with Gasteiger partial charge in [0, 0.05) is 11.3 Å². The molecule has 0 fully saturated rings. The number of nitrogens with one attached hydrogen (secondary N) is 1. The number of ether oxygens (including phenoxy) is 4. The number of esters is 1. The minimum atomic E-state index is -0.463. The Morgan fingerprint density at radius 2 is 1.79 bits per heavy atom. The predicted octanol–water partition coefficient (Wildman–Crippen LogP) is 2.91. The van der Waals surface area contributed by atoms with Gasteiger partial charge in [0.05, 0.1) is 43.5 Å². The van der Waals surface area contributed by atoms with Crippen LogP contribution in [-0.2, 0) is 17.1 Å². The van der Waals surface area contributed by atoms with Gasteiger partial charge in [0.25, 0.3) is 5.56 Å². The summed E-state index contributed by atoms with van der Waals surface area (Å²) in [5, 5.41) is 0.292. The fourth-order valence-corrected chi connectivity index (χ4v) is 4.29. The summed E-state index contributed by atoms with van der Waals surface area (Å²) < 4.78 is 21.7. The third kappa shape index (κ3) is 3.17. The van der Waals surface area contributed by atoms with E-state index in [1.54, 1.807) is 6.07 Å². The van der Waals surface area contributed by atoms with Crippen molar-refractivity contribution < 1.29 is 23.7 Å². The molecular weight excluding hydrogens is 396 g/mol. The molecule has 2 heterocycles. The topological polar surface area (TPSA) is 99.7 Å².